The number of hydrogen-bond donors (Lipinski definition) is 2. The third kappa shape index (κ3) is 6.79. The van der Waals surface area contributed by atoms with Crippen molar-refractivity contribution in [3.05, 3.63) is 88.7 Å². The largest absolute Gasteiger partial charge is 0.496 e. The summed E-state index contributed by atoms with van der Waals surface area (Å²) in [6.07, 6.45) is 0.973. The quantitative estimate of drug-likeness (QED) is 0.418. The molecule has 180 valence electrons. The monoisotopic (exact) mass is 465 g/mol. The van der Waals surface area contributed by atoms with Gasteiger partial charge in [-0.25, -0.2) is 0 Å². The number of carbonyl (C=O) groups is 1. The van der Waals surface area contributed by atoms with E-state index in [4.69, 9.17) is 19.3 Å². The Kier molecular flexibility index (Phi) is 9.01. The van der Waals surface area contributed by atoms with Crippen molar-refractivity contribution in [3.8, 4) is 11.5 Å². The van der Waals surface area contributed by atoms with Crippen LogP contribution in [0.1, 0.15) is 34.1 Å². The second-order valence-corrected chi connectivity index (χ2v) is 8.07. The molecule has 0 aliphatic carbocycles. The van der Waals surface area contributed by atoms with Gasteiger partial charge in [-0.2, -0.15) is 0 Å². The van der Waals surface area contributed by atoms with Crippen LogP contribution in [0.4, 0.5) is 0 Å². The second kappa shape index (κ2) is 12.2. The predicted molar refractivity (Wildman–Crippen MR) is 128 cm³/mol. The van der Waals surface area contributed by atoms with Gasteiger partial charge in [-0.3, -0.25) is 9.78 Å². The molecular weight excluding hydrogens is 434 g/mol. The molecule has 2 N–H and O–H groups in total. The number of pyridine rings is 1. The van der Waals surface area contributed by atoms with Crippen LogP contribution >= 0.6 is 0 Å². The first-order valence-electron chi connectivity index (χ1n) is 11.1. The Labute approximate surface area is 200 Å². The van der Waals surface area contributed by atoms with Crippen molar-refractivity contribution in [3.63, 3.8) is 0 Å². The van der Waals surface area contributed by atoms with Gasteiger partial charge in [-0.05, 0) is 48.2 Å². The first kappa shape index (κ1) is 25.2. The zero-order chi connectivity index (χ0) is 24.5. The van der Waals surface area contributed by atoms with Crippen LogP contribution in [0.2, 0.25) is 0 Å². The smallest absolute Gasteiger partial charge is 0.307 e. The van der Waals surface area contributed by atoms with Gasteiger partial charge < -0.3 is 24.4 Å². The van der Waals surface area contributed by atoms with Gasteiger partial charge in [0, 0.05) is 23.9 Å². The maximum absolute atomic E-state index is 11.3. The van der Waals surface area contributed by atoms with E-state index in [1.807, 2.05) is 37.3 Å². The number of aliphatic hydroxyl groups excluding tert-OH is 1. The Morgan fingerprint density at radius 2 is 1.68 bits per heavy atom. The van der Waals surface area contributed by atoms with Crippen LogP contribution in [0.25, 0.3) is 0 Å². The number of carboxylic acids is 1. The summed E-state index contributed by atoms with van der Waals surface area (Å²) in [6, 6.07) is 17.1. The van der Waals surface area contributed by atoms with Crippen molar-refractivity contribution in [2.24, 2.45) is 0 Å². The Bertz CT molecular complexity index is 1040. The second-order valence-electron chi connectivity index (χ2n) is 8.07. The zero-order valence-electron chi connectivity index (χ0n) is 19.7. The lowest BCUT2D eigenvalue weighted by Crippen LogP contribution is -2.26. The highest BCUT2D eigenvalue weighted by Gasteiger charge is 2.25. The molecule has 0 bridgehead atoms. The third-order valence-electron chi connectivity index (χ3n) is 5.69. The number of hydrogen-bond acceptors (Lipinski definition) is 6. The highest BCUT2D eigenvalue weighted by molar-refractivity contribution is 5.69. The number of nitrogens with zero attached hydrogens (tertiary/aromatic N) is 1. The van der Waals surface area contributed by atoms with Crippen LogP contribution < -0.4 is 9.47 Å². The molecule has 1 aromatic heterocycles. The van der Waals surface area contributed by atoms with Crippen molar-refractivity contribution in [1.82, 2.24) is 4.98 Å². The van der Waals surface area contributed by atoms with E-state index in [2.05, 4.69) is 4.98 Å². The van der Waals surface area contributed by atoms with Crippen LogP contribution in [0.3, 0.4) is 0 Å². The SMILES string of the molecule is COc1cc(C(O)C(Cc2ccc(CC(=O)O)cn2)OCCc2ccccc2)cc(OC)c1C. The van der Waals surface area contributed by atoms with Crippen molar-refractivity contribution < 1.29 is 29.2 Å². The average molecular weight is 466 g/mol. The van der Waals surface area contributed by atoms with Crippen LogP contribution in [0.15, 0.2) is 60.8 Å². The summed E-state index contributed by atoms with van der Waals surface area (Å²) in [5.41, 5.74) is 3.92. The van der Waals surface area contributed by atoms with Crippen LogP contribution in [-0.4, -0.2) is 48.1 Å². The Hall–Kier alpha value is -3.42. The minimum Gasteiger partial charge on any atom is -0.496 e. The Morgan fingerprint density at radius 3 is 2.24 bits per heavy atom. The first-order chi connectivity index (χ1) is 16.4. The van der Waals surface area contributed by atoms with Crippen LogP contribution in [0, 0.1) is 6.92 Å². The molecule has 1 heterocycles. The van der Waals surface area contributed by atoms with Crippen molar-refractivity contribution >= 4 is 5.97 Å². The van der Waals surface area contributed by atoms with E-state index in [9.17, 15) is 9.90 Å². The number of carboxylic acid groups (broad SMARTS) is 1. The Balaban J connectivity index is 1.82. The van der Waals surface area contributed by atoms with Gasteiger partial charge in [0.2, 0.25) is 0 Å². The molecule has 3 rings (SSSR count). The summed E-state index contributed by atoms with van der Waals surface area (Å²) < 4.78 is 17.1. The average Bonchev–Trinajstić information content (AvgIpc) is 2.84. The lowest BCUT2D eigenvalue weighted by Gasteiger charge is -2.25. The van der Waals surface area contributed by atoms with Crippen LogP contribution in [-0.2, 0) is 28.8 Å². The summed E-state index contributed by atoms with van der Waals surface area (Å²) in [6.45, 7) is 2.31. The lowest BCUT2D eigenvalue weighted by molar-refractivity contribution is -0.136. The van der Waals surface area contributed by atoms with E-state index < -0.39 is 18.2 Å². The van der Waals surface area contributed by atoms with Gasteiger partial charge in [-0.1, -0.05) is 36.4 Å². The molecule has 7 nitrogen and oxygen atoms in total. The zero-order valence-corrected chi connectivity index (χ0v) is 19.7. The van der Waals surface area contributed by atoms with Crippen molar-refractivity contribution in [1.29, 1.82) is 0 Å². The summed E-state index contributed by atoms with van der Waals surface area (Å²) in [4.78, 5) is 15.3. The van der Waals surface area contributed by atoms with Crippen molar-refractivity contribution in [2.75, 3.05) is 20.8 Å². The van der Waals surface area contributed by atoms with Gasteiger partial charge >= 0.3 is 5.97 Å². The topological polar surface area (TPSA) is 98.1 Å². The third-order valence-corrected chi connectivity index (χ3v) is 5.69. The molecular formula is C27H31NO6. The molecule has 0 aliphatic rings. The Morgan fingerprint density at radius 1 is 1.00 bits per heavy atom. The molecule has 34 heavy (non-hydrogen) atoms. The minimum atomic E-state index is -0.959. The molecule has 0 spiro atoms. The van der Waals surface area contributed by atoms with E-state index in [0.29, 0.717) is 47.8 Å². The number of benzene rings is 2. The summed E-state index contributed by atoms with van der Waals surface area (Å²) >= 11 is 0. The fraction of sp³-hybridized carbons (Fsp3) is 0.333. The van der Waals surface area contributed by atoms with E-state index in [1.54, 1.807) is 44.7 Å². The number of ether oxygens (including phenoxy) is 3. The van der Waals surface area contributed by atoms with E-state index >= 15 is 0 Å². The number of aromatic nitrogens is 1. The van der Waals surface area contributed by atoms with Gasteiger partial charge in [0.15, 0.2) is 0 Å². The van der Waals surface area contributed by atoms with E-state index in [-0.39, 0.29) is 6.42 Å². The number of aliphatic carboxylic acids is 1. The first-order valence-corrected chi connectivity index (χ1v) is 11.1. The highest BCUT2D eigenvalue weighted by atomic mass is 16.5. The van der Waals surface area contributed by atoms with Crippen LogP contribution in [0.5, 0.6) is 11.5 Å². The summed E-state index contributed by atoms with van der Waals surface area (Å²) in [5, 5.41) is 20.3. The molecule has 0 aliphatic heterocycles. The maximum Gasteiger partial charge on any atom is 0.307 e. The maximum atomic E-state index is 11.3. The standard InChI is InChI=1S/C27H31NO6/c1-18-23(32-2)14-21(15-24(18)33-3)27(31)25(34-12-11-19-7-5-4-6-8-19)16-22-10-9-20(17-28-22)13-26(29)30/h4-10,14-15,17,25,27,31H,11-13,16H2,1-3H3,(H,29,30). The molecule has 2 aromatic carbocycles. The summed E-state index contributed by atoms with van der Waals surface area (Å²) in [7, 11) is 3.16. The molecule has 0 amide bonds. The predicted octanol–water partition coefficient (Wildman–Crippen LogP) is 3.94. The highest BCUT2D eigenvalue weighted by Crippen LogP contribution is 2.34. The molecule has 0 fully saturated rings. The van der Waals surface area contributed by atoms with E-state index in [0.717, 1.165) is 11.1 Å². The minimum absolute atomic E-state index is 0.0874. The van der Waals surface area contributed by atoms with Crippen molar-refractivity contribution in [2.45, 2.75) is 38.4 Å². The van der Waals surface area contributed by atoms with Gasteiger partial charge in [-0.15, -0.1) is 0 Å². The number of methoxy groups -OCH3 is 2. The van der Waals surface area contributed by atoms with Gasteiger partial charge in [0.1, 0.15) is 17.6 Å². The molecule has 0 saturated heterocycles. The summed E-state index contributed by atoms with van der Waals surface area (Å²) in [5.74, 6) is 0.328. The fourth-order valence-corrected chi connectivity index (χ4v) is 3.79. The number of rotatable bonds is 12. The normalized spacial score (nSPS) is 12.7. The molecule has 0 radical (unpaired) electrons. The molecule has 2 atom stereocenters. The fourth-order valence-electron chi connectivity index (χ4n) is 3.79. The van der Waals surface area contributed by atoms with Gasteiger partial charge in [0.25, 0.3) is 0 Å². The molecule has 3 aromatic rings. The molecule has 2 unspecified atom stereocenters. The molecule has 0 saturated carbocycles. The molecule has 7 heteroatoms. The van der Waals surface area contributed by atoms with Gasteiger partial charge in [0.05, 0.1) is 33.4 Å². The van der Waals surface area contributed by atoms with E-state index in [1.165, 1.54) is 0 Å². The number of aliphatic hydroxyl groups is 1. The lowest BCUT2D eigenvalue weighted by atomic mass is 9.98.